The van der Waals surface area contributed by atoms with E-state index in [0.29, 0.717) is 11.7 Å². The molecule has 0 bridgehead atoms. The van der Waals surface area contributed by atoms with Crippen molar-refractivity contribution in [3.05, 3.63) is 28.7 Å². The number of aliphatic hydroxyl groups excluding tert-OH is 1. The molecular weight excluding hydrogens is 322 g/mol. The number of hydrogen-bond donors (Lipinski definition) is 2. The first-order valence-corrected chi connectivity index (χ1v) is 7.59. The lowest BCUT2D eigenvalue weighted by atomic mass is 9.96. The molecule has 1 amide bonds. The molecule has 1 aromatic rings. The molecule has 5 heteroatoms. The minimum atomic E-state index is -0.613. The molecule has 1 aliphatic rings. The van der Waals surface area contributed by atoms with Crippen LogP contribution in [-0.2, 0) is 4.79 Å². The van der Waals surface area contributed by atoms with Crippen molar-refractivity contribution in [2.45, 2.75) is 38.3 Å². The third-order valence-corrected chi connectivity index (χ3v) is 4.38. The van der Waals surface area contributed by atoms with Crippen LogP contribution in [0.25, 0.3) is 0 Å². The van der Waals surface area contributed by atoms with Gasteiger partial charge in [-0.2, -0.15) is 0 Å². The van der Waals surface area contributed by atoms with E-state index >= 15 is 0 Å². The number of aliphatic hydroxyl groups is 1. The van der Waals surface area contributed by atoms with E-state index in [9.17, 15) is 9.90 Å². The van der Waals surface area contributed by atoms with Crippen molar-refractivity contribution >= 4 is 21.8 Å². The van der Waals surface area contributed by atoms with Crippen molar-refractivity contribution in [1.82, 2.24) is 5.32 Å². The van der Waals surface area contributed by atoms with E-state index in [1.165, 1.54) is 0 Å². The molecule has 2 unspecified atom stereocenters. The summed E-state index contributed by atoms with van der Waals surface area (Å²) in [5.74, 6) is 0.795. The van der Waals surface area contributed by atoms with Crippen molar-refractivity contribution in [1.29, 1.82) is 0 Å². The second-order valence-corrected chi connectivity index (χ2v) is 6.38. The molecule has 0 aliphatic heterocycles. The standard InChI is InChI=1S/C15H20BrNO3/c1-10(20-13-6-4-3-5-12(13)16)14(19)17-15(2,9-18)11-7-8-11/h3-6,10-11,18H,7-9H2,1-2H3,(H,17,19). The minimum absolute atomic E-state index is 0.0504. The number of benzene rings is 1. The molecule has 20 heavy (non-hydrogen) atoms. The van der Waals surface area contributed by atoms with Gasteiger partial charge in [-0.25, -0.2) is 0 Å². The first-order valence-electron chi connectivity index (χ1n) is 6.80. The van der Waals surface area contributed by atoms with E-state index in [1.54, 1.807) is 13.0 Å². The van der Waals surface area contributed by atoms with E-state index in [-0.39, 0.29) is 12.5 Å². The Morgan fingerprint density at radius 3 is 2.75 bits per heavy atom. The zero-order valence-electron chi connectivity index (χ0n) is 11.7. The maximum atomic E-state index is 12.2. The van der Waals surface area contributed by atoms with Gasteiger partial charge in [0.05, 0.1) is 16.6 Å². The monoisotopic (exact) mass is 341 g/mol. The number of para-hydroxylation sites is 1. The number of rotatable bonds is 6. The lowest BCUT2D eigenvalue weighted by Crippen LogP contribution is -2.54. The van der Waals surface area contributed by atoms with Crippen LogP contribution in [0.1, 0.15) is 26.7 Å². The summed E-state index contributed by atoms with van der Waals surface area (Å²) in [6, 6.07) is 7.41. The fourth-order valence-electron chi connectivity index (χ4n) is 2.16. The SMILES string of the molecule is CC(Oc1ccccc1Br)C(=O)NC(C)(CO)C1CC1. The highest BCUT2D eigenvalue weighted by atomic mass is 79.9. The maximum Gasteiger partial charge on any atom is 0.261 e. The van der Waals surface area contributed by atoms with Gasteiger partial charge in [-0.05, 0) is 60.7 Å². The number of carbonyl (C=O) groups is 1. The molecule has 2 rings (SSSR count). The smallest absolute Gasteiger partial charge is 0.261 e. The normalized spacial score (nSPS) is 19.0. The van der Waals surface area contributed by atoms with E-state index in [2.05, 4.69) is 21.2 Å². The van der Waals surface area contributed by atoms with Gasteiger partial charge in [-0.3, -0.25) is 4.79 Å². The molecule has 1 aromatic carbocycles. The van der Waals surface area contributed by atoms with Crippen LogP contribution >= 0.6 is 15.9 Å². The predicted octanol–water partition coefficient (Wildman–Crippen LogP) is 2.49. The van der Waals surface area contributed by atoms with Crippen molar-refractivity contribution in [2.24, 2.45) is 5.92 Å². The molecule has 1 saturated carbocycles. The fourth-order valence-corrected chi connectivity index (χ4v) is 2.54. The van der Waals surface area contributed by atoms with Gasteiger partial charge in [0, 0.05) is 0 Å². The Labute approximate surface area is 127 Å². The van der Waals surface area contributed by atoms with E-state index in [0.717, 1.165) is 17.3 Å². The summed E-state index contributed by atoms with van der Waals surface area (Å²) in [6.45, 7) is 3.54. The number of ether oxygens (including phenoxy) is 1. The van der Waals surface area contributed by atoms with Gasteiger partial charge in [0.1, 0.15) is 5.75 Å². The Morgan fingerprint density at radius 2 is 2.20 bits per heavy atom. The minimum Gasteiger partial charge on any atom is -0.480 e. The predicted molar refractivity (Wildman–Crippen MR) is 80.6 cm³/mol. The van der Waals surface area contributed by atoms with Gasteiger partial charge in [0.15, 0.2) is 6.10 Å². The third-order valence-electron chi connectivity index (χ3n) is 3.73. The molecule has 0 spiro atoms. The number of hydrogen-bond acceptors (Lipinski definition) is 3. The van der Waals surface area contributed by atoms with Crippen molar-refractivity contribution in [2.75, 3.05) is 6.61 Å². The Morgan fingerprint density at radius 1 is 1.55 bits per heavy atom. The third kappa shape index (κ3) is 3.52. The first kappa shape index (κ1) is 15.3. The summed E-state index contributed by atoms with van der Waals surface area (Å²) in [7, 11) is 0. The van der Waals surface area contributed by atoms with Crippen LogP contribution in [0.2, 0.25) is 0 Å². The van der Waals surface area contributed by atoms with Gasteiger partial charge in [0.2, 0.25) is 0 Å². The van der Waals surface area contributed by atoms with Crippen LogP contribution in [0.15, 0.2) is 28.7 Å². The quantitative estimate of drug-likeness (QED) is 0.835. The summed E-state index contributed by atoms with van der Waals surface area (Å²) in [6.07, 6.45) is 1.49. The Balaban J connectivity index is 1.97. The zero-order valence-corrected chi connectivity index (χ0v) is 13.3. The Bertz CT molecular complexity index is 490. The highest BCUT2D eigenvalue weighted by molar-refractivity contribution is 9.10. The molecule has 1 fully saturated rings. The van der Waals surface area contributed by atoms with Gasteiger partial charge in [0.25, 0.3) is 5.91 Å². The van der Waals surface area contributed by atoms with E-state index in [1.807, 2.05) is 25.1 Å². The van der Waals surface area contributed by atoms with E-state index in [4.69, 9.17) is 4.74 Å². The summed E-state index contributed by atoms with van der Waals surface area (Å²) in [5.41, 5.74) is -0.539. The van der Waals surface area contributed by atoms with Gasteiger partial charge < -0.3 is 15.2 Å². The molecule has 0 heterocycles. The highest BCUT2D eigenvalue weighted by Gasteiger charge is 2.42. The molecule has 0 saturated heterocycles. The lowest BCUT2D eigenvalue weighted by molar-refractivity contribution is -0.130. The number of halogens is 1. The van der Waals surface area contributed by atoms with Crippen LogP contribution in [0, 0.1) is 5.92 Å². The number of nitrogens with one attached hydrogen (secondary N) is 1. The van der Waals surface area contributed by atoms with Crippen molar-refractivity contribution in [3.63, 3.8) is 0 Å². The Hall–Kier alpha value is -1.07. The van der Waals surface area contributed by atoms with Crippen molar-refractivity contribution in [3.8, 4) is 5.75 Å². The number of amides is 1. The summed E-state index contributed by atoms with van der Waals surface area (Å²) in [4.78, 5) is 12.2. The average molecular weight is 342 g/mol. The molecule has 4 nitrogen and oxygen atoms in total. The van der Waals surface area contributed by atoms with Crippen LogP contribution in [0.5, 0.6) is 5.75 Å². The van der Waals surface area contributed by atoms with Gasteiger partial charge in [-0.15, -0.1) is 0 Å². The number of carbonyl (C=O) groups excluding carboxylic acids is 1. The van der Waals surface area contributed by atoms with Gasteiger partial charge >= 0.3 is 0 Å². The summed E-state index contributed by atoms with van der Waals surface area (Å²) in [5, 5.41) is 12.4. The van der Waals surface area contributed by atoms with Gasteiger partial charge in [-0.1, -0.05) is 12.1 Å². The second-order valence-electron chi connectivity index (χ2n) is 5.53. The first-order chi connectivity index (χ1) is 9.46. The molecule has 110 valence electrons. The molecule has 2 atom stereocenters. The molecule has 2 N–H and O–H groups in total. The van der Waals surface area contributed by atoms with Crippen LogP contribution < -0.4 is 10.1 Å². The maximum absolute atomic E-state index is 12.2. The van der Waals surface area contributed by atoms with E-state index < -0.39 is 11.6 Å². The largest absolute Gasteiger partial charge is 0.480 e. The Kier molecular flexibility index (Phi) is 4.70. The van der Waals surface area contributed by atoms with Crippen LogP contribution in [0.3, 0.4) is 0 Å². The molecule has 0 aromatic heterocycles. The van der Waals surface area contributed by atoms with Crippen LogP contribution in [-0.4, -0.2) is 29.3 Å². The molecule has 0 radical (unpaired) electrons. The average Bonchev–Trinajstić information content (AvgIpc) is 3.26. The summed E-state index contributed by atoms with van der Waals surface area (Å²) < 4.78 is 6.47. The molecular formula is C15H20BrNO3. The lowest BCUT2D eigenvalue weighted by Gasteiger charge is -2.30. The highest BCUT2D eigenvalue weighted by Crippen LogP contribution is 2.39. The zero-order chi connectivity index (χ0) is 14.8. The summed E-state index contributed by atoms with van der Waals surface area (Å²) >= 11 is 3.39. The fraction of sp³-hybridized carbons (Fsp3) is 0.533. The topological polar surface area (TPSA) is 58.6 Å². The van der Waals surface area contributed by atoms with Crippen LogP contribution in [0.4, 0.5) is 0 Å². The second kappa shape index (κ2) is 6.14. The van der Waals surface area contributed by atoms with Crippen molar-refractivity contribution < 1.29 is 14.6 Å². The molecule has 1 aliphatic carbocycles.